The molecule has 0 saturated carbocycles. The molecule has 0 spiro atoms. The van der Waals surface area contributed by atoms with Crippen LogP contribution in [0.2, 0.25) is 0 Å². The third kappa shape index (κ3) is 67.1. The molecule has 3 N–H and O–H groups in total. The molecule has 6 nitrogen and oxygen atoms in total. The minimum Gasteiger partial charge on any atom is -0.466 e. The average Bonchev–Trinajstić information content (AvgIpc) is 3.47. The summed E-state index contributed by atoms with van der Waals surface area (Å²) in [6.45, 7) is 4.93. The number of hydrogen-bond donors (Lipinski definition) is 3. The first-order valence-corrected chi connectivity index (χ1v) is 36.8. The van der Waals surface area contributed by atoms with E-state index >= 15 is 0 Å². The zero-order valence-corrected chi connectivity index (χ0v) is 54.8. The van der Waals surface area contributed by atoms with E-state index in [0.29, 0.717) is 19.4 Å². The molecule has 0 aromatic carbocycles. The van der Waals surface area contributed by atoms with E-state index < -0.39 is 12.1 Å². The molecule has 0 saturated heterocycles. The van der Waals surface area contributed by atoms with Gasteiger partial charge in [0.1, 0.15) is 0 Å². The molecule has 81 heavy (non-hydrogen) atoms. The van der Waals surface area contributed by atoms with Gasteiger partial charge in [-0.15, -0.1) is 0 Å². The summed E-state index contributed by atoms with van der Waals surface area (Å²) in [7, 11) is 0. The molecular formula is C75H143NO5. The second-order valence-corrected chi connectivity index (χ2v) is 25.3. The van der Waals surface area contributed by atoms with Gasteiger partial charge in [0.15, 0.2) is 0 Å². The third-order valence-corrected chi connectivity index (χ3v) is 17.1. The van der Waals surface area contributed by atoms with Gasteiger partial charge in [0.2, 0.25) is 5.91 Å². The lowest BCUT2D eigenvalue weighted by atomic mass is 10.0. The van der Waals surface area contributed by atoms with E-state index in [1.165, 1.54) is 334 Å². The summed E-state index contributed by atoms with van der Waals surface area (Å²) >= 11 is 0. The lowest BCUT2D eigenvalue weighted by Crippen LogP contribution is -2.45. The Balaban J connectivity index is 3.42. The van der Waals surface area contributed by atoms with Crippen molar-refractivity contribution in [3.05, 3.63) is 36.5 Å². The standard InChI is InChI=1S/C75H143NO5/c1-3-5-7-9-11-13-15-17-19-20-21-22-27-30-33-36-40-43-47-51-55-59-63-67-73(78)72(71-77)76-74(79)68-64-60-56-52-48-44-41-37-34-31-28-25-23-24-26-29-32-35-38-42-46-50-54-58-62-66-70-81-75(80)69-65-61-57-53-49-45-39-18-16-14-12-10-8-6-4-2/h18,23,25,39,63,67,72-73,77-78H,3-17,19-22,24,26-38,40-62,64-66,68-71H2,1-2H3,(H,76,79)/b25-23-,39-18-,67-63+. The minimum absolute atomic E-state index is 0.00658. The van der Waals surface area contributed by atoms with Crippen LogP contribution in [-0.4, -0.2) is 47.4 Å². The van der Waals surface area contributed by atoms with Crippen LogP contribution in [0.5, 0.6) is 0 Å². The molecule has 0 radical (unpaired) electrons. The molecule has 0 aliphatic heterocycles. The number of ether oxygens (including phenoxy) is 1. The Morgan fingerprint density at radius 3 is 0.877 bits per heavy atom. The Hall–Kier alpha value is -1.92. The molecule has 2 unspecified atom stereocenters. The lowest BCUT2D eigenvalue weighted by Gasteiger charge is -2.20. The highest BCUT2D eigenvalue weighted by atomic mass is 16.5. The van der Waals surface area contributed by atoms with Gasteiger partial charge < -0.3 is 20.3 Å². The van der Waals surface area contributed by atoms with E-state index in [9.17, 15) is 19.8 Å². The maximum absolute atomic E-state index is 12.5. The summed E-state index contributed by atoms with van der Waals surface area (Å²) in [6.07, 6.45) is 90.9. The number of rotatable bonds is 69. The number of hydrogen-bond acceptors (Lipinski definition) is 5. The maximum atomic E-state index is 12.5. The van der Waals surface area contributed by atoms with E-state index in [0.717, 1.165) is 44.9 Å². The average molecular weight is 1140 g/mol. The SMILES string of the molecule is CCCCCCCC/C=C\CCCCCCCC(=O)OCCCCCCCCCCCCCC/C=C\CCCCCCCCCCCCC(=O)NC(CO)C(O)/C=C/CCCCCCCCCCCCCCCCCCCCCCC. The Kier molecular flexibility index (Phi) is 68.9. The molecule has 0 aromatic heterocycles. The summed E-state index contributed by atoms with van der Waals surface area (Å²) in [5, 5.41) is 23.3. The van der Waals surface area contributed by atoms with E-state index in [4.69, 9.17) is 4.74 Å². The van der Waals surface area contributed by atoms with Gasteiger partial charge in [0.05, 0.1) is 25.4 Å². The fraction of sp³-hybridized carbons (Fsp3) is 0.893. The maximum Gasteiger partial charge on any atom is 0.305 e. The summed E-state index contributed by atoms with van der Waals surface area (Å²) in [5.41, 5.74) is 0. The highest BCUT2D eigenvalue weighted by Gasteiger charge is 2.18. The molecule has 0 fully saturated rings. The van der Waals surface area contributed by atoms with Crippen LogP contribution in [0.15, 0.2) is 36.5 Å². The van der Waals surface area contributed by atoms with Gasteiger partial charge in [0.25, 0.3) is 0 Å². The third-order valence-electron chi connectivity index (χ3n) is 17.1. The number of aliphatic hydroxyl groups excluding tert-OH is 2. The first-order chi connectivity index (χ1) is 40.0. The first-order valence-electron chi connectivity index (χ1n) is 36.8. The molecular weight excluding hydrogens is 995 g/mol. The fourth-order valence-electron chi connectivity index (χ4n) is 11.5. The van der Waals surface area contributed by atoms with Gasteiger partial charge in [-0.3, -0.25) is 9.59 Å². The van der Waals surface area contributed by atoms with Gasteiger partial charge in [-0.1, -0.05) is 346 Å². The van der Waals surface area contributed by atoms with E-state index in [-0.39, 0.29) is 18.5 Å². The molecule has 0 bridgehead atoms. The van der Waals surface area contributed by atoms with Crippen LogP contribution in [0.25, 0.3) is 0 Å². The monoisotopic (exact) mass is 1140 g/mol. The highest BCUT2D eigenvalue weighted by Crippen LogP contribution is 2.19. The van der Waals surface area contributed by atoms with E-state index in [1.54, 1.807) is 6.08 Å². The van der Waals surface area contributed by atoms with E-state index in [1.807, 2.05) is 6.08 Å². The van der Waals surface area contributed by atoms with Crippen LogP contribution in [-0.2, 0) is 14.3 Å². The van der Waals surface area contributed by atoms with Crippen LogP contribution in [0, 0.1) is 0 Å². The predicted octanol–water partition coefficient (Wildman–Crippen LogP) is 23.9. The number of carbonyl (C=O) groups is 2. The van der Waals surface area contributed by atoms with Crippen molar-refractivity contribution in [2.75, 3.05) is 13.2 Å². The van der Waals surface area contributed by atoms with Crippen molar-refractivity contribution in [1.29, 1.82) is 0 Å². The summed E-state index contributed by atoms with van der Waals surface area (Å²) in [5.74, 6) is -0.0592. The summed E-state index contributed by atoms with van der Waals surface area (Å²) < 4.78 is 5.49. The van der Waals surface area contributed by atoms with Crippen molar-refractivity contribution in [1.82, 2.24) is 5.32 Å². The van der Waals surface area contributed by atoms with Crippen molar-refractivity contribution in [2.24, 2.45) is 0 Å². The molecule has 6 heteroatoms. The van der Waals surface area contributed by atoms with Gasteiger partial charge in [0, 0.05) is 12.8 Å². The highest BCUT2D eigenvalue weighted by molar-refractivity contribution is 5.76. The normalized spacial score (nSPS) is 12.7. The smallest absolute Gasteiger partial charge is 0.305 e. The van der Waals surface area contributed by atoms with Gasteiger partial charge in [-0.25, -0.2) is 0 Å². The lowest BCUT2D eigenvalue weighted by molar-refractivity contribution is -0.143. The molecule has 0 aromatic rings. The minimum atomic E-state index is -0.847. The number of amides is 1. The van der Waals surface area contributed by atoms with Crippen LogP contribution in [0.4, 0.5) is 0 Å². The summed E-state index contributed by atoms with van der Waals surface area (Å²) in [6, 6.07) is -0.631. The number of aliphatic hydroxyl groups is 2. The molecule has 0 heterocycles. The van der Waals surface area contributed by atoms with Crippen molar-refractivity contribution in [2.45, 2.75) is 418 Å². The van der Waals surface area contributed by atoms with Gasteiger partial charge in [-0.2, -0.15) is 0 Å². The molecule has 0 rings (SSSR count). The fourth-order valence-corrected chi connectivity index (χ4v) is 11.5. The second kappa shape index (κ2) is 70.6. The zero-order valence-electron chi connectivity index (χ0n) is 54.8. The first kappa shape index (κ1) is 79.1. The molecule has 2 atom stereocenters. The molecule has 0 aliphatic carbocycles. The quantitative estimate of drug-likeness (QED) is 0.0320. The van der Waals surface area contributed by atoms with Crippen molar-refractivity contribution < 1.29 is 24.5 Å². The number of unbranched alkanes of at least 4 members (excludes halogenated alkanes) is 54. The topological polar surface area (TPSA) is 95.9 Å². The Labute approximate surface area is 506 Å². The predicted molar refractivity (Wildman–Crippen MR) is 356 cm³/mol. The molecule has 478 valence electrons. The van der Waals surface area contributed by atoms with Crippen molar-refractivity contribution in [3.63, 3.8) is 0 Å². The zero-order chi connectivity index (χ0) is 58.5. The van der Waals surface area contributed by atoms with Crippen LogP contribution in [0.1, 0.15) is 406 Å². The van der Waals surface area contributed by atoms with Gasteiger partial charge >= 0.3 is 5.97 Å². The Morgan fingerprint density at radius 1 is 0.333 bits per heavy atom. The van der Waals surface area contributed by atoms with Crippen LogP contribution >= 0.6 is 0 Å². The van der Waals surface area contributed by atoms with Gasteiger partial charge in [-0.05, 0) is 83.5 Å². The summed E-state index contributed by atoms with van der Waals surface area (Å²) in [4.78, 5) is 24.6. The second-order valence-electron chi connectivity index (χ2n) is 25.3. The van der Waals surface area contributed by atoms with E-state index in [2.05, 4.69) is 43.5 Å². The molecule has 1 amide bonds. The van der Waals surface area contributed by atoms with Crippen LogP contribution in [0.3, 0.4) is 0 Å². The number of allylic oxidation sites excluding steroid dienone is 5. The number of esters is 1. The number of nitrogens with one attached hydrogen (secondary N) is 1. The van der Waals surface area contributed by atoms with Crippen LogP contribution < -0.4 is 5.32 Å². The Morgan fingerprint density at radius 2 is 0.580 bits per heavy atom. The van der Waals surface area contributed by atoms with Crippen molar-refractivity contribution >= 4 is 11.9 Å². The number of carbonyl (C=O) groups excluding carboxylic acids is 2. The largest absolute Gasteiger partial charge is 0.466 e. The Bertz CT molecular complexity index is 1310. The molecule has 0 aliphatic rings. The van der Waals surface area contributed by atoms with Crippen molar-refractivity contribution in [3.8, 4) is 0 Å².